The highest BCUT2D eigenvalue weighted by Gasteiger charge is 2.21. The van der Waals surface area contributed by atoms with E-state index in [-0.39, 0.29) is 28.4 Å². The van der Waals surface area contributed by atoms with Crippen LogP contribution in [0.5, 0.6) is 6.01 Å². The Hall–Kier alpha value is -2.62. The molecule has 3 rings (SSSR count). The Kier molecular flexibility index (Phi) is 5.64. The number of para-hydroxylation sites is 1. The van der Waals surface area contributed by atoms with Crippen molar-refractivity contribution in [3.63, 3.8) is 0 Å². The van der Waals surface area contributed by atoms with Gasteiger partial charge in [-0.25, -0.2) is 4.68 Å². The van der Waals surface area contributed by atoms with Crippen LogP contribution in [0.15, 0.2) is 59.8 Å². The van der Waals surface area contributed by atoms with Crippen molar-refractivity contribution in [2.24, 2.45) is 5.73 Å². The van der Waals surface area contributed by atoms with Crippen molar-refractivity contribution in [2.45, 2.75) is 4.90 Å². The van der Waals surface area contributed by atoms with E-state index in [0.29, 0.717) is 5.02 Å². The van der Waals surface area contributed by atoms with Gasteiger partial charge < -0.3 is 4.74 Å². The third-order valence-electron chi connectivity index (χ3n) is 3.30. The molecule has 140 valence electrons. The number of halogens is 2. The summed E-state index contributed by atoms with van der Waals surface area (Å²) in [7, 11) is -3.98. The van der Waals surface area contributed by atoms with Crippen LogP contribution < -0.4 is 14.9 Å². The summed E-state index contributed by atoms with van der Waals surface area (Å²) in [4.78, 5) is 3.84. The highest BCUT2D eigenvalue weighted by Crippen LogP contribution is 2.23. The van der Waals surface area contributed by atoms with Gasteiger partial charge in [-0.05, 0) is 30.3 Å². The van der Waals surface area contributed by atoms with Gasteiger partial charge in [-0.1, -0.05) is 41.4 Å². The van der Waals surface area contributed by atoms with Crippen LogP contribution in [0, 0.1) is 0 Å². The first-order valence-corrected chi connectivity index (χ1v) is 9.78. The van der Waals surface area contributed by atoms with Crippen molar-refractivity contribution in [3.05, 3.63) is 64.9 Å². The van der Waals surface area contributed by atoms with Gasteiger partial charge in [-0.15, -0.1) is 5.10 Å². The van der Waals surface area contributed by atoms with E-state index in [1.165, 1.54) is 29.2 Å². The van der Waals surface area contributed by atoms with Gasteiger partial charge in [0.15, 0.2) is 6.61 Å². The zero-order valence-corrected chi connectivity index (χ0v) is 16.0. The van der Waals surface area contributed by atoms with Gasteiger partial charge in [0.25, 0.3) is 5.84 Å². The number of hydrogen-bond donors (Lipinski definition) is 2. The molecule has 0 fully saturated rings. The topological polar surface area (TPSA) is 114 Å². The SMILES string of the molecule is NC(COc1ncn(-c2ccccc2)n1)=[NH+]S(=O)(=O)c1ccc(Cl)cc1Cl. The van der Waals surface area contributed by atoms with Crippen LogP contribution in [-0.2, 0) is 10.0 Å². The average Bonchev–Trinajstić information content (AvgIpc) is 3.09. The Bertz CT molecular complexity index is 1080. The van der Waals surface area contributed by atoms with E-state index in [1.807, 2.05) is 30.3 Å². The van der Waals surface area contributed by atoms with Crippen molar-refractivity contribution < 1.29 is 17.6 Å². The van der Waals surface area contributed by atoms with Gasteiger partial charge in [-0.2, -0.15) is 17.8 Å². The molecule has 0 bridgehead atoms. The van der Waals surface area contributed by atoms with Crippen LogP contribution in [0.4, 0.5) is 0 Å². The maximum Gasteiger partial charge on any atom is 0.336 e. The monoisotopic (exact) mass is 426 g/mol. The maximum absolute atomic E-state index is 12.3. The standard InChI is InChI=1S/C16H13Cl2N5O3S/c17-11-6-7-14(13(18)8-11)27(24,25)22-15(19)9-26-16-20-10-23(21-16)12-4-2-1-3-5-12/h1-8,10H,9H2,(H2,19,22)/p+1. The number of sulfonamides is 1. The fraction of sp³-hybridized carbons (Fsp3) is 0.0625. The van der Waals surface area contributed by atoms with Crippen molar-refractivity contribution in [1.82, 2.24) is 14.8 Å². The highest BCUT2D eigenvalue weighted by molar-refractivity contribution is 7.85. The molecule has 0 aliphatic heterocycles. The van der Waals surface area contributed by atoms with Crippen LogP contribution in [-0.4, -0.2) is 35.6 Å². The minimum atomic E-state index is -3.98. The minimum Gasteiger partial charge on any atom is -0.449 e. The van der Waals surface area contributed by atoms with E-state index in [4.69, 9.17) is 33.7 Å². The number of nitrogens with two attached hydrogens (primary N) is 1. The van der Waals surface area contributed by atoms with E-state index >= 15 is 0 Å². The largest absolute Gasteiger partial charge is 0.449 e. The smallest absolute Gasteiger partial charge is 0.336 e. The molecule has 1 heterocycles. The number of rotatable bonds is 6. The fourth-order valence-corrected chi connectivity index (χ4v) is 3.90. The summed E-state index contributed by atoms with van der Waals surface area (Å²) in [6, 6.07) is 13.4. The second-order valence-corrected chi connectivity index (χ2v) is 7.80. The minimum absolute atomic E-state index is 0.0213. The van der Waals surface area contributed by atoms with Gasteiger partial charge >= 0.3 is 16.0 Å². The molecular formula is C16H14Cl2N5O3S+. The third kappa shape index (κ3) is 4.76. The molecule has 3 aromatic rings. The molecule has 3 N–H and O–H groups in total. The number of amidine groups is 1. The molecule has 0 radical (unpaired) electrons. The number of hydrogen-bond acceptors (Lipinski definition) is 5. The maximum atomic E-state index is 12.3. The summed E-state index contributed by atoms with van der Waals surface area (Å²) in [5.74, 6) is -0.155. The summed E-state index contributed by atoms with van der Waals surface area (Å²) in [6.07, 6.45) is 1.47. The zero-order chi connectivity index (χ0) is 19.4. The van der Waals surface area contributed by atoms with Crippen molar-refractivity contribution in [2.75, 3.05) is 6.61 Å². The Morgan fingerprint density at radius 2 is 1.93 bits per heavy atom. The molecule has 27 heavy (non-hydrogen) atoms. The molecule has 0 atom stereocenters. The van der Waals surface area contributed by atoms with Gasteiger partial charge in [0.05, 0.1) is 10.7 Å². The number of ether oxygens (including phenoxy) is 1. The lowest BCUT2D eigenvalue weighted by Crippen LogP contribution is -2.79. The van der Waals surface area contributed by atoms with E-state index in [9.17, 15) is 8.42 Å². The molecule has 0 unspecified atom stereocenters. The lowest BCUT2D eigenvalue weighted by molar-refractivity contribution is -0.271. The molecule has 0 aliphatic carbocycles. The number of nitrogens with one attached hydrogen (secondary N) is 1. The third-order valence-corrected chi connectivity index (χ3v) is 5.42. The number of aromatic nitrogens is 3. The number of nitrogens with zero attached hydrogens (tertiary/aromatic N) is 3. The predicted octanol–water partition coefficient (Wildman–Crippen LogP) is 0.780. The van der Waals surface area contributed by atoms with Crippen LogP contribution in [0.1, 0.15) is 0 Å². The molecule has 8 nitrogen and oxygen atoms in total. The molecule has 0 aliphatic rings. The Balaban J connectivity index is 1.70. The summed E-state index contributed by atoms with van der Waals surface area (Å²) in [5.41, 5.74) is 6.51. The van der Waals surface area contributed by atoms with E-state index in [0.717, 1.165) is 5.69 Å². The fourth-order valence-electron chi connectivity index (χ4n) is 2.11. The normalized spacial score (nSPS) is 12.1. The van der Waals surface area contributed by atoms with E-state index in [2.05, 4.69) is 14.5 Å². The Morgan fingerprint density at radius 3 is 2.63 bits per heavy atom. The van der Waals surface area contributed by atoms with E-state index in [1.54, 1.807) is 0 Å². The van der Waals surface area contributed by atoms with Gasteiger partial charge in [0.2, 0.25) is 0 Å². The van der Waals surface area contributed by atoms with Gasteiger partial charge in [-0.3, -0.25) is 5.73 Å². The molecule has 2 aromatic carbocycles. The predicted molar refractivity (Wildman–Crippen MR) is 101 cm³/mol. The molecule has 11 heteroatoms. The second kappa shape index (κ2) is 7.95. The van der Waals surface area contributed by atoms with Crippen LogP contribution >= 0.6 is 23.2 Å². The highest BCUT2D eigenvalue weighted by atomic mass is 35.5. The average molecular weight is 427 g/mol. The first-order valence-electron chi connectivity index (χ1n) is 7.54. The zero-order valence-electron chi connectivity index (χ0n) is 13.7. The summed E-state index contributed by atoms with van der Waals surface area (Å²) < 4.78 is 33.7. The van der Waals surface area contributed by atoms with Crippen molar-refractivity contribution in [3.8, 4) is 11.7 Å². The lowest BCUT2D eigenvalue weighted by Gasteiger charge is -2.02. The number of benzene rings is 2. The first-order chi connectivity index (χ1) is 12.8. The quantitative estimate of drug-likeness (QED) is 0.444. The summed E-state index contributed by atoms with van der Waals surface area (Å²) in [5, 5.41) is 4.43. The first kappa shape index (κ1) is 19.2. The van der Waals surface area contributed by atoms with Crippen molar-refractivity contribution >= 4 is 39.1 Å². The molecule has 1 aromatic heterocycles. The second-order valence-electron chi connectivity index (χ2n) is 5.30. The Morgan fingerprint density at radius 1 is 1.19 bits per heavy atom. The molecule has 0 spiro atoms. The van der Waals surface area contributed by atoms with Crippen LogP contribution in [0.2, 0.25) is 10.0 Å². The summed E-state index contributed by atoms with van der Waals surface area (Å²) >= 11 is 11.7. The van der Waals surface area contributed by atoms with Gasteiger partial charge in [0, 0.05) is 5.02 Å². The Labute approximate surface area is 165 Å². The summed E-state index contributed by atoms with van der Waals surface area (Å²) in [6.45, 7) is -0.261. The molecular weight excluding hydrogens is 413 g/mol. The molecule has 0 amide bonds. The van der Waals surface area contributed by atoms with Crippen LogP contribution in [0.25, 0.3) is 5.69 Å². The molecule has 0 saturated heterocycles. The van der Waals surface area contributed by atoms with Crippen LogP contribution in [0.3, 0.4) is 0 Å². The van der Waals surface area contributed by atoms with Gasteiger partial charge in [0.1, 0.15) is 11.2 Å². The molecule has 0 saturated carbocycles. The van der Waals surface area contributed by atoms with Crippen molar-refractivity contribution in [1.29, 1.82) is 0 Å². The van der Waals surface area contributed by atoms with E-state index < -0.39 is 10.0 Å². The lowest BCUT2D eigenvalue weighted by atomic mass is 10.3.